The predicted octanol–water partition coefficient (Wildman–Crippen LogP) is 1.72. The van der Waals surface area contributed by atoms with Crippen molar-refractivity contribution in [3.8, 4) is 6.01 Å². The highest BCUT2D eigenvalue weighted by Gasteiger charge is 2.13. The van der Waals surface area contributed by atoms with E-state index in [0.29, 0.717) is 6.01 Å². The molecule has 1 aromatic rings. The van der Waals surface area contributed by atoms with E-state index in [9.17, 15) is 0 Å². The standard InChI is InChI=1S/C6H10N2OS/c1-6(2,3)9-5-7-4-10-8-5/h4H,1-3H3. The zero-order chi connectivity index (χ0) is 7.61. The van der Waals surface area contributed by atoms with Crippen LogP contribution in [0.2, 0.25) is 0 Å². The molecule has 0 unspecified atom stereocenters. The first kappa shape index (κ1) is 7.47. The number of ether oxygens (including phenoxy) is 1. The van der Waals surface area contributed by atoms with Gasteiger partial charge in [-0.15, -0.1) is 4.37 Å². The fourth-order valence-corrected chi connectivity index (χ4v) is 0.839. The Kier molecular flexibility index (Phi) is 1.89. The van der Waals surface area contributed by atoms with Crippen molar-refractivity contribution in [3.63, 3.8) is 0 Å². The highest BCUT2D eigenvalue weighted by molar-refractivity contribution is 7.03. The molecule has 0 saturated carbocycles. The molecule has 0 fully saturated rings. The van der Waals surface area contributed by atoms with Crippen LogP contribution in [0, 0.1) is 0 Å². The maximum absolute atomic E-state index is 5.33. The third-order valence-electron chi connectivity index (χ3n) is 0.739. The van der Waals surface area contributed by atoms with Gasteiger partial charge in [0.25, 0.3) is 0 Å². The van der Waals surface area contributed by atoms with Gasteiger partial charge in [-0.2, -0.15) is 4.98 Å². The van der Waals surface area contributed by atoms with E-state index in [4.69, 9.17) is 4.74 Å². The lowest BCUT2D eigenvalue weighted by molar-refractivity contribution is 0.119. The molecule has 0 spiro atoms. The second-order valence-electron chi connectivity index (χ2n) is 2.93. The van der Waals surface area contributed by atoms with E-state index >= 15 is 0 Å². The molecule has 56 valence electrons. The van der Waals surface area contributed by atoms with Gasteiger partial charge < -0.3 is 4.74 Å². The Morgan fingerprint density at radius 2 is 2.20 bits per heavy atom. The predicted molar refractivity (Wildman–Crippen MR) is 40.3 cm³/mol. The minimum atomic E-state index is -0.193. The molecule has 1 aromatic heterocycles. The average molecular weight is 158 g/mol. The van der Waals surface area contributed by atoms with Crippen molar-refractivity contribution < 1.29 is 4.74 Å². The quantitative estimate of drug-likeness (QED) is 0.624. The lowest BCUT2D eigenvalue weighted by atomic mass is 10.2. The first-order chi connectivity index (χ1) is 4.58. The molecular formula is C6H10N2OS. The molecule has 0 saturated heterocycles. The van der Waals surface area contributed by atoms with Crippen LogP contribution >= 0.6 is 11.5 Å². The van der Waals surface area contributed by atoms with E-state index in [1.807, 2.05) is 20.8 Å². The molecule has 4 heteroatoms. The van der Waals surface area contributed by atoms with Crippen LogP contribution in [0.4, 0.5) is 0 Å². The summed E-state index contributed by atoms with van der Waals surface area (Å²) in [4.78, 5) is 3.89. The molecule has 10 heavy (non-hydrogen) atoms. The van der Waals surface area contributed by atoms with Crippen LogP contribution in [0.3, 0.4) is 0 Å². The van der Waals surface area contributed by atoms with Crippen LogP contribution in [-0.4, -0.2) is 15.0 Å². The summed E-state index contributed by atoms with van der Waals surface area (Å²) in [5.74, 6) is 0. The lowest BCUT2D eigenvalue weighted by Gasteiger charge is -2.17. The van der Waals surface area contributed by atoms with Gasteiger partial charge in [0.15, 0.2) is 0 Å². The van der Waals surface area contributed by atoms with Crippen molar-refractivity contribution in [1.82, 2.24) is 9.36 Å². The fourth-order valence-electron chi connectivity index (χ4n) is 0.480. The summed E-state index contributed by atoms with van der Waals surface area (Å²) in [6.07, 6.45) is 0. The van der Waals surface area contributed by atoms with Crippen molar-refractivity contribution in [2.45, 2.75) is 26.4 Å². The molecule has 0 aliphatic heterocycles. The summed E-state index contributed by atoms with van der Waals surface area (Å²) in [6, 6.07) is 0.470. The van der Waals surface area contributed by atoms with Crippen molar-refractivity contribution in [3.05, 3.63) is 5.51 Å². The molecule has 1 rings (SSSR count). The lowest BCUT2D eigenvalue weighted by Crippen LogP contribution is -2.23. The van der Waals surface area contributed by atoms with Crippen LogP contribution in [0.15, 0.2) is 5.51 Å². The minimum Gasteiger partial charge on any atom is -0.457 e. The molecule has 3 nitrogen and oxygen atoms in total. The summed E-state index contributed by atoms with van der Waals surface area (Å²) in [5.41, 5.74) is 1.46. The Bertz CT molecular complexity index is 190. The SMILES string of the molecule is CC(C)(C)Oc1ncsn1. The molecular weight excluding hydrogens is 148 g/mol. The second-order valence-corrected chi connectivity index (χ2v) is 3.53. The number of hydrogen-bond acceptors (Lipinski definition) is 4. The van der Waals surface area contributed by atoms with E-state index in [0.717, 1.165) is 0 Å². The van der Waals surface area contributed by atoms with Crippen LogP contribution < -0.4 is 4.74 Å². The first-order valence-electron chi connectivity index (χ1n) is 3.03. The van der Waals surface area contributed by atoms with E-state index < -0.39 is 0 Å². The Morgan fingerprint density at radius 3 is 2.60 bits per heavy atom. The fraction of sp³-hybridized carbons (Fsp3) is 0.667. The maximum Gasteiger partial charge on any atom is 0.328 e. The summed E-state index contributed by atoms with van der Waals surface area (Å²) >= 11 is 1.29. The molecule has 0 amide bonds. The van der Waals surface area contributed by atoms with E-state index in [-0.39, 0.29) is 5.60 Å². The third kappa shape index (κ3) is 2.31. The molecule has 0 aliphatic rings. The summed E-state index contributed by atoms with van der Waals surface area (Å²) < 4.78 is 9.24. The molecule has 0 aliphatic carbocycles. The number of aromatic nitrogens is 2. The monoisotopic (exact) mass is 158 g/mol. The Balaban J connectivity index is 2.57. The minimum absolute atomic E-state index is 0.193. The van der Waals surface area contributed by atoms with Gasteiger partial charge in [0, 0.05) is 0 Å². The van der Waals surface area contributed by atoms with Crippen LogP contribution in [-0.2, 0) is 0 Å². The molecule has 0 radical (unpaired) electrons. The third-order valence-corrected chi connectivity index (χ3v) is 1.20. The Labute approximate surface area is 64.2 Å². The number of hydrogen-bond donors (Lipinski definition) is 0. The maximum atomic E-state index is 5.33. The Hall–Kier alpha value is -0.640. The van der Waals surface area contributed by atoms with Crippen molar-refractivity contribution in [2.24, 2.45) is 0 Å². The van der Waals surface area contributed by atoms with E-state index in [1.54, 1.807) is 5.51 Å². The van der Waals surface area contributed by atoms with E-state index in [2.05, 4.69) is 9.36 Å². The van der Waals surface area contributed by atoms with Crippen molar-refractivity contribution >= 4 is 11.5 Å². The zero-order valence-electron chi connectivity index (χ0n) is 6.29. The molecule has 0 atom stereocenters. The largest absolute Gasteiger partial charge is 0.457 e. The van der Waals surface area contributed by atoms with Gasteiger partial charge in [-0.25, -0.2) is 0 Å². The highest BCUT2D eigenvalue weighted by Crippen LogP contribution is 2.12. The van der Waals surface area contributed by atoms with Crippen LogP contribution in [0.1, 0.15) is 20.8 Å². The molecule has 0 bridgehead atoms. The van der Waals surface area contributed by atoms with Gasteiger partial charge in [-0.3, -0.25) is 0 Å². The van der Waals surface area contributed by atoms with Gasteiger partial charge >= 0.3 is 6.01 Å². The van der Waals surface area contributed by atoms with Crippen LogP contribution in [0.25, 0.3) is 0 Å². The second kappa shape index (κ2) is 2.54. The summed E-state index contributed by atoms with van der Waals surface area (Å²) in [6.45, 7) is 5.90. The van der Waals surface area contributed by atoms with Crippen LogP contribution in [0.5, 0.6) is 6.01 Å². The van der Waals surface area contributed by atoms with Gasteiger partial charge in [-0.1, -0.05) is 0 Å². The first-order valence-corrected chi connectivity index (χ1v) is 3.87. The van der Waals surface area contributed by atoms with Crippen molar-refractivity contribution in [2.75, 3.05) is 0 Å². The van der Waals surface area contributed by atoms with E-state index in [1.165, 1.54) is 11.5 Å². The average Bonchev–Trinajstić information content (AvgIpc) is 2.12. The normalized spacial score (nSPS) is 11.5. The Morgan fingerprint density at radius 1 is 1.50 bits per heavy atom. The van der Waals surface area contributed by atoms with Gasteiger partial charge in [0.05, 0.1) is 0 Å². The molecule has 0 N–H and O–H groups in total. The number of nitrogens with zero attached hydrogens (tertiary/aromatic N) is 2. The van der Waals surface area contributed by atoms with Gasteiger partial charge in [0.1, 0.15) is 11.1 Å². The topological polar surface area (TPSA) is 35.0 Å². The van der Waals surface area contributed by atoms with Gasteiger partial charge in [0.2, 0.25) is 0 Å². The molecule has 0 aromatic carbocycles. The smallest absolute Gasteiger partial charge is 0.328 e. The summed E-state index contributed by atoms with van der Waals surface area (Å²) in [7, 11) is 0. The summed E-state index contributed by atoms with van der Waals surface area (Å²) in [5, 5.41) is 0. The highest BCUT2D eigenvalue weighted by atomic mass is 32.1. The molecule has 1 heterocycles. The van der Waals surface area contributed by atoms with Crippen molar-refractivity contribution in [1.29, 1.82) is 0 Å². The number of rotatable bonds is 1. The zero-order valence-corrected chi connectivity index (χ0v) is 7.10. The van der Waals surface area contributed by atoms with Gasteiger partial charge in [-0.05, 0) is 32.3 Å².